The summed E-state index contributed by atoms with van der Waals surface area (Å²) >= 11 is 3.45. The highest BCUT2D eigenvalue weighted by atomic mass is 79.9. The largest absolute Gasteiger partial charge is 0.508 e. The van der Waals surface area contributed by atoms with E-state index in [1.807, 2.05) is 13.0 Å². The number of hydrogen-bond donors (Lipinski definition) is 2. The first-order valence-corrected chi connectivity index (χ1v) is 5.08. The second kappa shape index (κ2) is 2.98. The van der Waals surface area contributed by atoms with Crippen molar-refractivity contribution in [3.05, 3.63) is 22.7 Å². The highest BCUT2D eigenvalue weighted by Crippen LogP contribution is 2.25. The Morgan fingerprint density at radius 1 is 1.43 bits per heavy atom. The maximum Gasteiger partial charge on any atom is 0.128 e. The fraction of sp³-hybridized carbons (Fsp3) is 0.300. The maximum absolute atomic E-state index is 9.54. The van der Waals surface area contributed by atoms with Crippen LogP contribution in [0, 0.1) is 0 Å². The van der Waals surface area contributed by atoms with Gasteiger partial charge in [0.1, 0.15) is 15.9 Å². The van der Waals surface area contributed by atoms with E-state index in [4.69, 9.17) is 0 Å². The molecule has 0 aromatic heterocycles. The molecule has 1 aliphatic rings. The predicted octanol–water partition coefficient (Wildman–Crippen LogP) is 1.01. The molecule has 1 unspecified atom stereocenters. The van der Waals surface area contributed by atoms with Crippen LogP contribution < -0.4 is 10.6 Å². The zero-order valence-corrected chi connectivity index (χ0v) is 9.24. The minimum atomic E-state index is -0.333. The van der Waals surface area contributed by atoms with Gasteiger partial charge < -0.3 is 10.2 Å². The molecule has 0 aliphatic carbocycles. The number of alkyl halides is 1. The first-order chi connectivity index (χ1) is 6.48. The number of rotatable bonds is 0. The van der Waals surface area contributed by atoms with E-state index in [1.54, 1.807) is 6.07 Å². The highest BCUT2D eigenvalue weighted by Gasteiger charge is 2.19. The van der Waals surface area contributed by atoms with E-state index in [2.05, 4.69) is 20.9 Å². The zero-order chi connectivity index (χ0) is 10.3. The molecule has 1 aliphatic heterocycles. The molecule has 0 radical (unpaired) electrons. The summed E-state index contributed by atoms with van der Waals surface area (Å²) in [6.45, 7) is 1.94. The van der Waals surface area contributed by atoms with Gasteiger partial charge in [0.2, 0.25) is 0 Å². The fourth-order valence-electron chi connectivity index (χ4n) is 1.50. The first kappa shape index (κ1) is 9.52. The van der Waals surface area contributed by atoms with Crippen molar-refractivity contribution in [2.75, 3.05) is 0 Å². The van der Waals surface area contributed by atoms with E-state index >= 15 is 0 Å². The lowest BCUT2D eigenvalue weighted by Gasteiger charge is -2.18. The van der Waals surface area contributed by atoms with Gasteiger partial charge in [0.05, 0.1) is 5.36 Å². The molecule has 0 amide bonds. The summed E-state index contributed by atoms with van der Waals surface area (Å²) in [6, 6.07) is 2.87. The molecule has 0 fully saturated rings. The highest BCUT2D eigenvalue weighted by molar-refractivity contribution is 9.10. The van der Waals surface area contributed by atoms with Crippen LogP contribution >= 0.6 is 15.9 Å². The van der Waals surface area contributed by atoms with Crippen molar-refractivity contribution in [1.29, 1.82) is 0 Å². The Bertz CT molecular complexity index is 494. The van der Waals surface area contributed by atoms with Crippen molar-refractivity contribution >= 4 is 22.0 Å². The molecule has 74 valence electrons. The molecular weight excluding hydrogens is 246 g/mol. The van der Waals surface area contributed by atoms with E-state index in [0.717, 1.165) is 6.42 Å². The van der Waals surface area contributed by atoms with Gasteiger partial charge in [-0.25, -0.2) is 0 Å². The summed E-state index contributed by atoms with van der Waals surface area (Å²) < 4.78 is -0.333. The number of fused-ring (bicyclic) bond motifs is 1. The van der Waals surface area contributed by atoms with Gasteiger partial charge >= 0.3 is 0 Å². The van der Waals surface area contributed by atoms with Crippen molar-refractivity contribution in [3.8, 4) is 11.5 Å². The zero-order valence-electron chi connectivity index (χ0n) is 7.66. The Kier molecular flexibility index (Phi) is 2.03. The number of phenolic OH excluding ortho intramolecular Hbond substituents is 2. The number of nitrogens with zero attached hydrogens (tertiary/aromatic N) is 1. The molecule has 2 N–H and O–H groups in total. The molecule has 0 spiro atoms. The van der Waals surface area contributed by atoms with Crippen molar-refractivity contribution in [2.24, 2.45) is 4.99 Å². The number of phenols is 2. The first-order valence-electron chi connectivity index (χ1n) is 4.29. The van der Waals surface area contributed by atoms with Crippen LogP contribution in [-0.4, -0.2) is 14.7 Å². The molecule has 14 heavy (non-hydrogen) atoms. The topological polar surface area (TPSA) is 52.8 Å². The van der Waals surface area contributed by atoms with Crippen LogP contribution in [0.3, 0.4) is 0 Å². The van der Waals surface area contributed by atoms with Gasteiger partial charge in [-0.3, -0.25) is 4.99 Å². The molecule has 4 heteroatoms. The van der Waals surface area contributed by atoms with E-state index in [0.29, 0.717) is 10.6 Å². The predicted molar refractivity (Wildman–Crippen MR) is 57.0 cm³/mol. The molecular formula is C10H10BrNO2. The lowest BCUT2D eigenvalue weighted by atomic mass is 10.1. The van der Waals surface area contributed by atoms with Gasteiger partial charge in [0.25, 0.3) is 0 Å². The smallest absolute Gasteiger partial charge is 0.128 e. The van der Waals surface area contributed by atoms with E-state index < -0.39 is 0 Å². The Morgan fingerprint density at radius 2 is 2.14 bits per heavy atom. The molecule has 0 bridgehead atoms. The Labute approximate surface area is 89.5 Å². The second-order valence-corrected chi connectivity index (χ2v) is 5.27. The molecule has 1 heterocycles. The molecule has 1 aromatic rings. The third-order valence-corrected chi connectivity index (χ3v) is 2.65. The quantitative estimate of drug-likeness (QED) is 0.537. The lowest BCUT2D eigenvalue weighted by Crippen LogP contribution is -2.33. The van der Waals surface area contributed by atoms with Gasteiger partial charge in [-0.05, 0) is 6.92 Å². The fourth-order valence-corrected chi connectivity index (χ4v) is 1.85. The van der Waals surface area contributed by atoms with E-state index in [9.17, 15) is 10.2 Å². The average Bonchev–Trinajstić information content (AvgIpc) is 2.00. The van der Waals surface area contributed by atoms with Crippen LogP contribution in [0.15, 0.2) is 17.1 Å². The van der Waals surface area contributed by atoms with Gasteiger partial charge in [0.15, 0.2) is 0 Å². The summed E-state index contributed by atoms with van der Waals surface area (Å²) in [7, 11) is 0. The van der Waals surface area contributed by atoms with Crippen molar-refractivity contribution in [2.45, 2.75) is 17.8 Å². The van der Waals surface area contributed by atoms with Gasteiger partial charge in [-0.15, -0.1) is 0 Å². The Balaban J connectivity index is 2.80. The number of hydrogen-bond acceptors (Lipinski definition) is 3. The normalized spacial score (nSPS) is 24.7. The summed E-state index contributed by atoms with van der Waals surface area (Å²) in [5.74, 6) is 0.107. The second-order valence-electron chi connectivity index (χ2n) is 3.56. The number of aromatic hydroxyl groups is 2. The molecule has 1 atom stereocenters. The average molecular weight is 256 g/mol. The van der Waals surface area contributed by atoms with Crippen LogP contribution in [0.4, 0.5) is 0 Å². The van der Waals surface area contributed by atoms with Crippen molar-refractivity contribution in [1.82, 2.24) is 0 Å². The minimum Gasteiger partial charge on any atom is -0.508 e. The van der Waals surface area contributed by atoms with Crippen LogP contribution in [0.2, 0.25) is 0 Å². The lowest BCUT2D eigenvalue weighted by molar-refractivity contribution is 0.444. The van der Waals surface area contributed by atoms with Gasteiger partial charge in [-0.2, -0.15) is 0 Å². The SMILES string of the molecule is CC1(Br)CC=c2c(O)cc(O)cc2=N1. The van der Waals surface area contributed by atoms with Crippen molar-refractivity contribution in [3.63, 3.8) is 0 Å². The third kappa shape index (κ3) is 1.62. The van der Waals surface area contributed by atoms with Gasteiger partial charge in [-0.1, -0.05) is 22.0 Å². The van der Waals surface area contributed by atoms with Crippen molar-refractivity contribution < 1.29 is 10.2 Å². The standard InChI is InChI=1S/C10H10BrNO2/c1-10(11)3-2-7-8(12-10)4-6(13)5-9(7)14/h2,4-5,13-14H,3H2,1H3. The molecule has 3 nitrogen and oxygen atoms in total. The van der Waals surface area contributed by atoms with Crippen LogP contribution in [-0.2, 0) is 0 Å². The van der Waals surface area contributed by atoms with Crippen LogP contribution in [0.1, 0.15) is 13.3 Å². The van der Waals surface area contributed by atoms with E-state index in [-0.39, 0.29) is 15.9 Å². The third-order valence-electron chi connectivity index (χ3n) is 2.15. The summed E-state index contributed by atoms with van der Waals surface area (Å²) in [4.78, 5) is 4.36. The minimum absolute atomic E-state index is 0.0311. The number of halogens is 1. The maximum atomic E-state index is 9.54. The summed E-state index contributed by atoms with van der Waals surface area (Å²) in [5.41, 5.74) is 0. The summed E-state index contributed by atoms with van der Waals surface area (Å²) in [6.07, 6.45) is 2.63. The molecule has 1 aromatic carbocycles. The molecule has 2 rings (SSSR count). The molecule has 0 saturated carbocycles. The molecule has 0 saturated heterocycles. The Hall–Kier alpha value is -1.03. The number of benzene rings is 1. The summed E-state index contributed by atoms with van der Waals surface area (Å²) in [5, 5.41) is 20.1. The van der Waals surface area contributed by atoms with Gasteiger partial charge in [0, 0.05) is 23.8 Å². The van der Waals surface area contributed by atoms with E-state index in [1.165, 1.54) is 6.07 Å². The Morgan fingerprint density at radius 3 is 2.86 bits per heavy atom. The monoisotopic (exact) mass is 255 g/mol. The van der Waals surface area contributed by atoms with Crippen LogP contribution in [0.25, 0.3) is 6.08 Å². The van der Waals surface area contributed by atoms with Crippen LogP contribution in [0.5, 0.6) is 11.5 Å².